The Bertz CT molecular complexity index is 926. The van der Waals surface area contributed by atoms with Gasteiger partial charge in [-0.25, -0.2) is 4.39 Å². The first kappa shape index (κ1) is 18.7. The smallest absolute Gasteiger partial charge is 0.280 e. The van der Waals surface area contributed by atoms with Gasteiger partial charge in [0.05, 0.1) is 16.8 Å². The molecule has 0 bridgehead atoms. The number of amides is 1. The summed E-state index contributed by atoms with van der Waals surface area (Å²) in [4.78, 5) is 16.8. The molecule has 1 aliphatic heterocycles. The highest BCUT2D eigenvalue weighted by Crippen LogP contribution is 2.27. The number of carbonyl (C=O) groups is 1. The van der Waals surface area contributed by atoms with Gasteiger partial charge < -0.3 is 5.32 Å². The largest absolute Gasteiger partial charge is 0.325 e. The van der Waals surface area contributed by atoms with E-state index < -0.39 is 34.0 Å². The van der Waals surface area contributed by atoms with E-state index in [1.54, 1.807) is 24.4 Å². The van der Waals surface area contributed by atoms with Crippen LogP contribution in [0.15, 0.2) is 42.6 Å². The van der Waals surface area contributed by atoms with E-state index >= 15 is 0 Å². The Balaban J connectivity index is 1.84. The number of likely N-dealkylation sites (N-methyl/N-ethyl adjacent to an activating group) is 1. The molecule has 2 atom stereocenters. The Kier molecular flexibility index (Phi) is 5.24. The first-order chi connectivity index (χ1) is 12.3. The van der Waals surface area contributed by atoms with Crippen LogP contribution in [0.5, 0.6) is 0 Å². The van der Waals surface area contributed by atoms with Gasteiger partial charge in [0.1, 0.15) is 11.9 Å². The summed E-state index contributed by atoms with van der Waals surface area (Å²) in [7, 11) is -2.55. The Morgan fingerprint density at radius 1 is 1.38 bits per heavy atom. The fourth-order valence-corrected chi connectivity index (χ4v) is 4.13. The lowest BCUT2D eigenvalue weighted by atomic mass is 10.0. The summed E-state index contributed by atoms with van der Waals surface area (Å²) in [5.41, 5.74) is 0.798. The Morgan fingerprint density at radius 3 is 2.81 bits per heavy atom. The molecule has 1 unspecified atom stereocenters. The standard InChI is InChI=1S/C16H16ClFN4O3S/c1-22-15(16(23)20-10-5-6-12(18)11(17)8-10)9-14(21-26(22,24)25)13-4-2-3-7-19-13/h2-8,14-15,21H,9H2,1H3,(H,20,23)/t14?,15-/m1/s1. The van der Waals surface area contributed by atoms with Gasteiger partial charge in [-0.3, -0.25) is 9.78 Å². The number of hydrogen-bond donors (Lipinski definition) is 2. The highest BCUT2D eigenvalue weighted by molar-refractivity contribution is 7.87. The minimum atomic E-state index is -3.86. The van der Waals surface area contributed by atoms with Crippen LogP contribution in [0.25, 0.3) is 0 Å². The number of benzene rings is 1. The molecule has 7 nitrogen and oxygen atoms in total. The van der Waals surface area contributed by atoms with Crippen LogP contribution in [0.3, 0.4) is 0 Å². The fourth-order valence-electron chi connectivity index (χ4n) is 2.69. The molecule has 10 heteroatoms. The monoisotopic (exact) mass is 398 g/mol. The van der Waals surface area contributed by atoms with Gasteiger partial charge in [-0.1, -0.05) is 17.7 Å². The van der Waals surface area contributed by atoms with E-state index in [0.717, 1.165) is 10.4 Å². The number of anilines is 1. The number of nitrogens with zero attached hydrogens (tertiary/aromatic N) is 2. The van der Waals surface area contributed by atoms with E-state index in [4.69, 9.17) is 11.6 Å². The molecule has 1 fully saturated rings. The van der Waals surface area contributed by atoms with Gasteiger partial charge in [-0.2, -0.15) is 17.4 Å². The van der Waals surface area contributed by atoms with Gasteiger partial charge in [-0.15, -0.1) is 0 Å². The molecule has 1 aliphatic rings. The number of aromatic nitrogens is 1. The molecule has 1 aromatic carbocycles. The molecular formula is C16H16ClFN4O3S. The summed E-state index contributed by atoms with van der Waals surface area (Å²) in [5.74, 6) is -1.15. The molecule has 138 valence electrons. The lowest BCUT2D eigenvalue weighted by molar-refractivity contribution is -0.120. The van der Waals surface area contributed by atoms with Gasteiger partial charge in [0, 0.05) is 18.9 Å². The molecule has 0 spiro atoms. The maximum absolute atomic E-state index is 13.2. The SMILES string of the molecule is CN1[C@@H](C(=O)Nc2ccc(F)c(Cl)c2)CC(c2ccccn2)NS1(=O)=O. The summed E-state index contributed by atoms with van der Waals surface area (Å²) in [6.45, 7) is 0. The zero-order valence-corrected chi connectivity index (χ0v) is 15.3. The van der Waals surface area contributed by atoms with Crippen LogP contribution in [0, 0.1) is 5.82 Å². The van der Waals surface area contributed by atoms with Crippen molar-refractivity contribution in [2.24, 2.45) is 0 Å². The quantitative estimate of drug-likeness (QED) is 0.828. The molecule has 1 amide bonds. The number of rotatable bonds is 3. The van der Waals surface area contributed by atoms with Crippen LogP contribution in [0.4, 0.5) is 10.1 Å². The van der Waals surface area contributed by atoms with Crippen molar-refractivity contribution < 1.29 is 17.6 Å². The molecule has 3 rings (SSSR count). The number of halogens is 2. The normalized spacial score (nSPS) is 22.7. The van der Waals surface area contributed by atoms with Gasteiger partial charge in [-0.05, 0) is 36.8 Å². The van der Waals surface area contributed by atoms with Crippen molar-refractivity contribution in [2.45, 2.75) is 18.5 Å². The van der Waals surface area contributed by atoms with E-state index in [1.807, 2.05) is 0 Å². The minimum absolute atomic E-state index is 0.138. The van der Waals surface area contributed by atoms with Crippen molar-refractivity contribution in [2.75, 3.05) is 12.4 Å². The predicted molar refractivity (Wildman–Crippen MR) is 95.2 cm³/mol. The third-order valence-corrected chi connectivity index (χ3v) is 5.99. The second kappa shape index (κ2) is 7.28. The third kappa shape index (κ3) is 3.85. The van der Waals surface area contributed by atoms with Crippen molar-refractivity contribution in [3.8, 4) is 0 Å². The zero-order valence-electron chi connectivity index (χ0n) is 13.7. The van der Waals surface area contributed by atoms with Gasteiger partial charge >= 0.3 is 0 Å². The topological polar surface area (TPSA) is 91.4 Å². The molecule has 1 aromatic heterocycles. The van der Waals surface area contributed by atoms with Gasteiger partial charge in [0.2, 0.25) is 5.91 Å². The molecule has 2 heterocycles. The fraction of sp³-hybridized carbons (Fsp3) is 0.250. The molecular weight excluding hydrogens is 383 g/mol. The highest BCUT2D eigenvalue weighted by Gasteiger charge is 2.41. The summed E-state index contributed by atoms with van der Waals surface area (Å²) in [6, 6.07) is 7.29. The van der Waals surface area contributed by atoms with Gasteiger partial charge in [0.25, 0.3) is 10.2 Å². The zero-order chi connectivity index (χ0) is 18.9. The first-order valence-corrected chi connectivity index (χ1v) is 9.52. The van der Waals surface area contributed by atoms with Crippen LogP contribution < -0.4 is 10.0 Å². The Hall–Kier alpha value is -2.07. The van der Waals surface area contributed by atoms with Gasteiger partial charge in [0.15, 0.2) is 0 Å². The average molecular weight is 399 g/mol. The second-order valence-electron chi connectivity index (χ2n) is 5.82. The van der Waals surface area contributed by atoms with E-state index in [9.17, 15) is 17.6 Å². The van der Waals surface area contributed by atoms with Crippen molar-refractivity contribution in [1.29, 1.82) is 0 Å². The van der Waals surface area contributed by atoms with Crippen LogP contribution in [-0.2, 0) is 15.0 Å². The third-order valence-electron chi connectivity index (χ3n) is 4.10. The number of carbonyl (C=O) groups excluding carboxylic acids is 1. The maximum Gasteiger partial charge on any atom is 0.280 e. The highest BCUT2D eigenvalue weighted by atomic mass is 35.5. The number of nitrogens with one attached hydrogen (secondary N) is 2. The number of hydrogen-bond acceptors (Lipinski definition) is 4. The molecule has 1 saturated heterocycles. The average Bonchev–Trinajstić information content (AvgIpc) is 2.61. The second-order valence-corrected chi connectivity index (χ2v) is 7.98. The van der Waals surface area contributed by atoms with Crippen molar-refractivity contribution in [1.82, 2.24) is 14.0 Å². The predicted octanol–water partition coefficient (Wildman–Crippen LogP) is 2.09. The molecule has 2 aromatic rings. The van der Waals surface area contributed by atoms with Crippen LogP contribution in [0.1, 0.15) is 18.2 Å². The van der Waals surface area contributed by atoms with E-state index in [1.165, 1.54) is 19.2 Å². The molecule has 26 heavy (non-hydrogen) atoms. The lowest BCUT2D eigenvalue weighted by Crippen LogP contribution is -2.56. The first-order valence-electron chi connectivity index (χ1n) is 7.70. The van der Waals surface area contributed by atoms with Crippen molar-refractivity contribution in [3.63, 3.8) is 0 Å². The Morgan fingerprint density at radius 2 is 2.15 bits per heavy atom. The molecule has 0 aliphatic carbocycles. The lowest BCUT2D eigenvalue weighted by Gasteiger charge is -2.35. The summed E-state index contributed by atoms with van der Waals surface area (Å²) in [6.07, 6.45) is 1.74. The summed E-state index contributed by atoms with van der Waals surface area (Å²) in [5, 5.41) is 2.44. The minimum Gasteiger partial charge on any atom is -0.325 e. The molecule has 2 N–H and O–H groups in total. The molecule has 0 radical (unpaired) electrons. The van der Waals surface area contributed by atoms with Crippen LogP contribution >= 0.6 is 11.6 Å². The maximum atomic E-state index is 13.2. The number of pyridine rings is 1. The van der Waals surface area contributed by atoms with E-state index in [-0.39, 0.29) is 17.1 Å². The Labute approximate surface area is 155 Å². The summed E-state index contributed by atoms with van der Waals surface area (Å²) >= 11 is 5.71. The van der Waals surface area contributed by atoms with Crippen molar-refractivity contribution in [3.05, 3.63) is 59.1 Å². The van der Waals surface area contributed by atoms with Crippen molar-refractivity contribution >= 4 is 33.4 Å². The summed E-state index contributed by atoms with van der Waals surface area (Å²) < 4.78 is 41.5. The van der Waals surface area contributed by atoms with Crippen LogP contribution in [0.2, 0.25) is 5.02 Å². The van der Waals surface area contributed by atoms with E-state index in [0.29, 0.717) is 5.69 Å². The molecule has 0 saturated carbocycles. The van der Waals surface area contributed by atoms with E-state index in [2.05, 4.69) is 15.0 Å². The van der Waals surface area contributed by atoms with Crippen LogP contribution in [-0.4, -0.2) is 36.7 Å².